The van der Waals surface area contributed by atoms with E-state index in [4.69, 9.17) is 14.9 Å². The van der Waals surface area contributed by atoms with Gasteiger partial charge in [0.2, 0.25) is 0 Å². The second kappa shape index (κ2) is 15.4. The summed E-state index contributed by atoms with van der Waals surface area (Å²) >= 11 is 0. The van der Waals surface area contributed by atoms with Gasteiger partial charge in [-0.1, -0.05) is 6.92 Å². The molecule has 0 aliphatic rings. The lowest BCUT2D eigenvalue weighted by molar-refractivity contribution is -0.122. The molecule has 0 spiro atoms. The zero-order valence-electron chi connectivity index (χ0n) is 17.2. The van der Waals surface area contributed by atoms with Crippen LogP contribution in [0.2, 0.25) is 0 Å². The Kier molecular flexibility index (Phi) is 15.1. The molecule has 0 bridgehead atoms. The molecule has 0 aromatic heterocycles. The van der Waals surface area contributed by atoms with Gasteiger partial charge in [-0.3, -0.25) is 4.90 Å². The van der Waals surface area contributed by atoms with Crippen LogP contribution in [0.3, 0.4) is 0 Å². The van der Waals surface area contributed by atoms with Crippen LogP contribution in [0.25, 0.3) is 0 Å². The molecule has 11 heteroatoms. The number of rotatable bonds is 17. The molecule has 11 nitrogen and oxygen atoms in total. The van der Waals surface area contributed by atoms with Crippen molar-refractivity contribution >= 4 is 0 Å². The van der Waals surface area contributed by atoms with E-state index in [9.17, 15) is 35.7 Å². The van der Waals surface area contributed by atoms with Gasteiger partial charge in [-0.05, 0) is 13.3 Å². The molecule has 9 N–H and O–H groups in total. The third-order valence-electron chi connectivity index (χ3n) is 4.77. The summed E-state index contributed by atoms with van der Waals surface area (Å²) in [5.74, 6) is 0. The quantitative estimate of drug-likeness (QED) is 0.109. The molecule has 0 rings (SSSR count). The summed E-state index contributed by atoms with van der Waals surface area (Å²) in [7, 11) is 0. The maximum Gasteiger partial charge on any atom is 0.111 e. The van der Waals surface area contributed by atoms with E-state index >= 15 is 0 Å². The molecule has 0 aromatic rings. The van der Waals surface area contributed by atoms with E-state index in [1.54, 1.807) is 0 Å². The van der Waals surface area contributed by atoms with Crippen molar-refractivity contribution in [3.8, 4) is 0 Å². The minimum atomic E-state index is -1.77. The van der Waals surface area contributed by atoms with Gasteiger partial charge in [-0.25, -0.2) is 0 Å². The summed E-state index contributed by atoms with van der Waals surface area (Å²) in [5, 5.41) is 86.6. The molecule has 0 aliphatic heterocycles. The summed E-state index contributed by atoms with van der Waals surface area (Å²) < 4.78 is 5.57. The van der Waals surface area contributed by atoms with Crippen LogP contribution in [0.5, 0.6) is 0 Å². The third kappa shape index (κ3) is 11.5. The third-order valence-corrected chi connectivity index (χ3v) is 4.77. The average Bonchev–Trinajstić information content (AvgIpc) is 2.70. The van der Waals surface area contributed by atoms with Crippen LogP contribution in [0, 0.1) is 0 Å². The Morgan fingerprint density at radius 1 is 0.759 bits per heavy atom. The maximum absolute atomic E-state index is 10.2. The Balaban J connectivity index is 4.94. The predicted octanol–water partition coefficient (Wildman–Crippen LogP) is -4.00. The highest BCUT2D eigenvalue weighted by Gasteiger charge is 2.32. The molecule has 0 saturated heterocycles. The highest BCUT2D eigenvalue weighted by atomic mass is 16.5. The average molecular weight is 430 g/mol. The summed E-state index contributed by atoms with van der Waals surface area (Å²) in [6, 6.07) is 0. The fraction of sp³-hybridized carbons (Fsp3) is 1.00. The van der Waals surface area contributed by atoms with Gasteiger partial charge in [0.15, 0.2) is 0 Å². The Hall–Kier alpha value is -0.440. The smallest absolute Gasteiger partial charge is 0.111 e. The number of aliphatic hydroxyl groups is 9. The Labute approximate surface area is 171 Å². The van der Waals surface area contributed by atoms with Crippen molar-refractivity contribution in [2.45, 2.75) is 75.5 Å². The van der Waals surface area contributed by atoms with Gasteiger partial charge >= 0.3 is 0 Å². The van der Waals surface area contributed by atoms with Crippen molar-refractivity contribution < 1.29 is 50.7 Å². The van der Waals surface area contributed by atoms with Crippen LogP contribution in [0.1, 0.15) is 26.7 Å². The first kappa shape index (κ1) is 28.6. The zero-order valence-corrected chi connectivity index (χ0v) is 17.2. The number of nitrogens with zero attached hydrogens (tertiary/aromatic N) is 1. The van der Waals surface area contributed by atoms with E-state index in [1.165, 1.54) is 4.90 Å². The minimum Gasteiger partial charge on any atom is -0.394 e. The molecule has 0 radical (unpaired) electrons. The van der Waals surface area contributed by atoms with Gasteiger partial charge in [0, 0.05) is 26.1 Å². The van der Waals surface area contributed by atoms with Gasteiger partial charge in [-0.15, -0.1) is 0 Å². The van der Waals surface area contributed by atoms with Gasteiger partial charge < -0.3 is 50.7 Å². The van der Waals surface area contributed by atoms with Crippen molar-refractivity contribution in [2.24, 2.45) is 0 Å². The van der Waals surface area contributed by atoms with E-state index in [0.717, 1.165) is 6.42 Å². The summed E-state index contributed by atoms with van der Waals surface area (Å²) in [5.41, 5.74) is 0. The van der Waals surface area contributed by atoms with Gasteiger partial charge in [0.25, 0.3) is 0 Å². The lowest BCUT2D eigenvalue weighted by atomic mass is 10.0. The molecule has 0 saturated carbocycles. The molecule has 0 fully saturated rings. The molecule has 176 valence electrons. The Morgan fingerprint density at radius 3 is 1.83 bits per heavy atom. The summed E-state index contributed by atoms with van der Waals surface area (Å²) in [6.07, 6.45) is -10.0. The fourth-order valence-electron chi connectivity index (χ4n) is 2.59. The van der Waals surface area contributed by atoms with Crippen molar-refractivity contribution in [1.29, 1.82) is 0 Å². The van der Waals surface area contributed by atoms with Crippen LogP contribution in [0.4, 0.5) is 0 Å². The number of hydrogen-bond acceptors (Lipinski definition) is 11. The topological polar surface area (TPSA) is 195 Å². The van der Waals surface area contributed by atoms with Crippen molar-refractivity contribution in [1.82, 2.24) is 4.90 Å². The van der Waals surface area contributed by atoms with Crippen molar-refractivity contribution in [3.63, 3.8) is 0 Å². The van der Waals surface area contributed by atoms with Crippen LogP contribution >= 0.6 is 0 Å². The molecule has 1 unspecified atom stereocenters. The second-order valence-electron chi connectivity index (χ2n) is 7.35. The normalized spacial score (nSPS) is 20.7. The lowest BCUT2D eigenvalue weighted by Gasteiger charge is -2.32. The monoisotopic (exact) mass is 429 g/mol. The number of ether oxygens (including phenoxy) is 1. The SMILES string of the molecule is CCC(C)OCCN(C[C@@H](O)[C@H](O)[C@@H](O)[C@@H](O)CO)C[C@@H](O)[C@H](O)C[C@@H](O)CO. The Morgan fingerprint density at radius 2 is 1.31 bits per heavy atom. The molecule has 0 heterocycles. The Bertz CT molecular complexity index is 405. The van der Waals surface area contributed by atoms with Gasteiger partial charge in [0.1, 0.15) is 18.3 Å². The largest absolute Gasteiger partial charge is 0.394 e. The molecule has 29 heavy (non-hydrogen) atoms. The molecule has 0 amide bonds. The molecule has 8 atom stereocenters. The lowest BCUT2D eigenvalue weighted by Crippen LogP contribution is -2.51. The molecule has 0 aliphatic carbocycles. The first-order valence-corrected chi connectivity index (χ1v) is 9.89. The van der Waals surface area contributed by atoms with E-state index in [2.05, 4.69) is 0 Å². The van der Waals surface area contributed by atoms with Crippen LogP contribution in [-0.2, 0) is 4.74 Å². The highest BCUT2D eigenvalue weighted by molar-refractivity contribution is 4.84. The van der Waals surface area contributed by atoms with Crippen LogP contribution in [-0.4, -0.2) is 139 Å². The van der Waals surface area contributed by atoms with E-state index in [0.29, 0.717) is 0 Å². The molecular weight excluding hydrogens is 390 g/mol. The first-order valence-electron chi connectivity index (χ1n) is 9.89. The van der Waals surface area contributed by atoms with Crippen LogP contribution < -0.4 is 0 Å². The van der Waals surface area contributed by atoms with E-state index in [-0.39, 0.29) is 38.8 Å². The maximum atomic E-state index is 10.2. The summed E-state index contributed by atoms with van der Waals surface area (Å²) in [6.45, 7) is 2.55. The van der Waals surface area contributed by atoms with Crippen molar-refractivity contribution in [3.05, 3.63) is 0 Å². The fourth-order valence-corrected chi connectivity index (χ4v) is 2.59. The second-order valence-corrected chi connectivity index (χ2v) is 7.35. The molecular formula is C18H39NO10. The minimum absolute atomic E-state index is 0.0101. The van der Waals surface area contributed by atoms with Gasteiger partial charge in [0.05, 0.1) is 50.3 Å². The zero-order chi connectivity index (χ0) is 22.6. The number of hydrogen-bond donors (Lipinski definition) is 9. The summed E-state index contributed by atoms with van der Waals surface area (Å²) in [4.78, 5) is 1.49. The van der Waals surface area contributed by atoms with Crippen LogP contribution in [0.15, 0.2) is 0 Å². The number of aliphatic hydroxyl groups excluding tert-OH is 9. The van der Waals surface area contributed by atoms with Crippen molar-refractivity contribution in [2.75, 3.05) is 39.5 Å². The van der Waals surface area contributed by atoms with E-state index in [1.807, 2.05) is 13.8 Å². The van der Waals surface area contributed by atoms with E-state index < -0.39 is 55.9 Å². The molecule has 0 aromatic carbocycles. The predicted molar refractivity (Wildman–Crippen MR) is 103 cm³/mol. The highest BCUT2D eigenvalue weighted by Crippen LogP contribution is 2.10. The first-order chi connectivity index (χ1) is 13.6. The van der Waals surface area contributed by atoms with Gasteiger partial charge in [-0.2, -0.15) is 0 Å². The standard InChI is InChI=1S/C18H39NO10/c1-3-11(2)29-5-4-19(7-14(24)13(23)6-12(22)9-20)8-15(25)17(27)18(28)16(26)10-21/h11-18,20-28H,3-10H2,1-2H3/t11?,12-,13-,14-,15-,16+,17+,18+/m1/s1.